The van der Waals surface area contributed by atoms with E-state index in [1.54, 1.807) is 7.11 Å². The van der Waals surface area contributed by atoms with Crippen molar-refractivity contribution >= 4 is 0 Å². The maximum absolute atomic E-state index is 5.33. The molecule has 0 unspecified atom stereocenters. The molecule has 84 valence electrons. The van der Waals surface area contributed by atoms with Crippen molar-refractivity contribution in [1.82, 2.24) is 5.32 Å². The maximum atomic E-state index is 5.33. The van der Waals surface area contributed by atoms with Crippen LogP contribution in [0.4, 0.5) is 0 Å². The molecule has 0 bridgehead atoms. The van der Waals surface area contributed by atoms with Gasteiger partial charge in [0.25, 0.3) is 0 Å². The molecule has 0 aliphatic heterocycles. The topological polar surface area (TPSA) is 21.3 Å². The van der Waals surface area contributed by atoms with Gasteiger partial charge in [-0.05, 0) is 32.4 Å². The van der Waals surface area contributed by atoms with Gasteiger partial charge in [-0.25, -0.2) is 0 Å². The van der Waals surface area contributed by atoms with E-state index in [9.17, 15) is 0 Å². The molecule has 0 aliphatic carbocycles. The molecule has 0 spiro atoms. The second-order valence-corrected chi connectivity index (χ2v) is 4.38. The predicted molar refractivity (Wildman–Crippen MR) is 64.1 cm³/mol. The summed E-state index contributed by atoms with van der Waals surface area (Å²) in [6.07, 6.45) is 1.07. The summed E-state index contributed by atoms with van der Waals surface area (Å²) in [6, 6.07) is 10.5. The summed E-state index contributed by atoms with van der Waals surface area (Å²) >= 11 is 0. The fourth-order valence-electron chi connectivity index (χ4n) is 1.34. The lowest BCUT2D eigenvalue weighted by Gasteiger charge is -2.23. The lowest BCUT2D eigenvalue weighted by atomic mass is 10.1. The molecule has 15 heavy (non-hydrogen) atoms. The highest BCUT2D eigenvalue weighted by Gasteiger charge is 2.14. The summed E-state index contributed by atoms with van der Waals surface area (Å²) in [4.78, 5) is 0. The lowest BCUT2D eigenvalue weighted by Crippen LogP contribution is -2.37. The Labute approximate surface area is 92.6 Å². The standard InChI is InChI=1S/C13H21NO/c1-13(2,15-3)11-14-10-9-12-7-5-4-6-8-12/h4-8,14H,9-11H2,1-3H3. The van der Waals surface area contributed by atoms with Gasteiger partial charge in [0.05, 0.1) is 5.60 Å². The van der Waals surface area contributed by atoms with Gasteiger partial charge < -0.3 is 10.1 Å². The van der Waals surface area contributed by atoms with E-state index in [1.807, 2.05) is 6.07 Å². The van der Waals surface area contributed by atoms with Gasteiger partial charge in [0.1, 0.15) is 0 Å². The van der Waals surface area contributed by atoms with E-state index in [0.717, 1.165) is 19.5 Å². The highest BCUT2D eigenvalue weighted by molar-refractivity contribution is 5.14. The minimum absolute atomic E-state index is 0.0727. The number of methoxy groups -OCH3 is 1. The summed E-state index contributed by atoms with van der Waals surface area (Å²) in [7, 11) is 1.75. The number of hydrogen-bond acceptors (Lipinski definition) is 2. The van der Waals surface area contributed by atoms with Gasteiger partial charge in [-0.1, -0.05) is 30.3 Å². The van der Waals surface area contributed by atoms with Crippen molar-refractivity contribution < 1.29 is 4.74 Å². The van der Waals surface area contributed by atoms with Crippen molar-refractivity contribution in [1.29, 1.82) is 0 Å². The summed E-state index contributed by atoms with van der Waals surface area (Å²) in [6.45, 7) is 6.05. The predicted octanol–water partition coefficient (Wildman–Crippen LogP) is 2.24. The Morgan fingerprint density at radius 1 is 1.20 bits per heavy atom. The minimum atomic E-state index is -0.0727. The van der Waals surface area contributed by atoms with E-state index in [-0.39, 0.29) is 5.60 Å². The van der Waals surface area contributed by atoms with Crippen molar-refractivity contribution in [3.8, 4) is 0 Å². The van der Waals surface area contributed by atoms with E-state index in [2.05, 4.69) is 43.4 Å². The summed E-state index contributed by atoms with van der Waals surface area (Å²) in [5, 5.41) is 3.40. The highest BCUT2D eigenvalue weighted by atomic mass is 16.5. The van der Waals surface area contributed by atoms with Crippen molar-refractivity contribution in [3.63, 3.8) is 0 Å². The van der Waals surface area contributed by atoms with Crippen LogP contribution in [0.25, 0.3) is 0 Å². The molecular weight excluding hydrogens is 186 g/mol. The Bertz CT molecular complexity index is 269. The van der Waals surface area contributed by atoms with Crippen LogP contribution in [0.15, 0.2) is 30.3 Å². The van der Waals surface area contributed by atoms with Crippen molar-refractivity contribution in [2.75, 3.05) is 20.2 Å². The van der Waals surface area contributed by atoms with Crippen LogP contribution in [0.1, 0.15) is 19.4 Å². The molecule has 1 aromatic rings. The fourth-order valence-corrected chi connectivity index (χ4v) is 1.34. The largest absolute Gasteiger partial charge is 0.377 e. The van der Waals surface area contributed by atoms with Crippen LogP contribution < -0.4 is 5.32 Å². The Hall–Kier alpha value is -0.860. The molecule has 0 saturated carbocycles. The van der Waals surface area contributed by atoms with E-state index >= 15 is 0 Å². The van der Waals surface area contributed by atoms with E-state index in [0.29, 0.717) is 0 Å². The third-order valence-corrected chi connectivity index (χ3v) is 2.54. The second-order valence-electron chi connectivity index (χ2n) is 4.38. The van der Waals surface area contributed by atoms with Crippen molar-refractivity contribution in [2.45, 2.75) is 25.9 Å². The molecule has 0 aromatic heterocycles. The van der Waals surface area contributed by atoms with Crippen LogP contribution in [-0.2, 0) is 11.2 Å². The molecule has 1 rings (SSSR count). The van der Waals surface area contributed by atoms with Gasteiger partial charge in [0.2, 0.25) is 0 Å². The first kappa shape index (κ1) is 12.2. The first-order valence-electron chi connectivity index (χ1n) is 5.44. The molecule has 2 heteroatoms. The second kappa shape index (κ2) is 5.89. The normalized spacial score (nSPS) is 11.7. The molecule has 0 amide bonds. The van der Waals surface area contributed by atoms with Crippen LogP contribution in [-0.4, -0.2) is 25.8 Å². The number of benzene rings is 1. The summed E-state index contributed by atoms with van der Waals surface area (Å²) in [5.41, 5.74) is 1.30. The zero-order valence-corrected chi connectivity index (χ0v) is 9.92. The fraction of sp³-hybridized carbons (Fsp3) is 0.538. The van der Waals surface area contributed by atoms with Crippen LogP contribution in [0, 0.1) is 0 Å². The molecular formula is C13H21NO. The molecule has 1 aromatic carbocycles. The zero-order valence-electron chi connectivity index (χ0n) is 9.92. The zero-order chi connectivity index (χ0) is 11.1. The molecule has 0 atom stereocenters. The van der Waals surface area contributed by atoms with E-state index in [1.165, 1.54) is 5.56 Å². The molecule has 0 aliphatic rings. The maximum Gasteiger partial charge on any atom is 0.0746 e. The highest BCUT2D eigenvalue weighted by Crippen LogP contribution is 2.04. The Morgan fingerprint density at radius 3 is 2.47 bits per heavy atom. The molecule has 0 heterocycles. The minimum Gasteiger partial charge on any atom is -0.377 e. The average molecular weight is 207 g/mol. The summed E-state index contributed by atoms with van der Waals surface area (Å²) in [5.74, 6) is 0. The first-order valence-corrected chi connectivity index (χ1v) is 5.44. The SMILES string of the molecule is COC(C)(C)CNCCc1ccccc1. The van der Waals surface area contributed by atoms with Gasteiger partial charge in [-0.15, -0.1) is 0 Å². The Balaban J connectivity index is 2.18. The third kappa shape index (κ3) is 4.96. The van der Waals surface area contributed by atoms with Crippen LogP contribution in [0.2, 0.25) is 0 Å². The number of ether oxygens (including phenoxy) is 1. The van der Waals surface area contributed by atoms with E-state index < -0.39 is 0 Å². The van der Waals surface area contributed by atoms with Gasteiger partial charge in [0.15, 0.2) is 0 Å². The van der Waals surface area contributed by atoms with Crippen molar-refractivity contribution in [2.24, 2.45) is 0 Å². The van der Waals surface area contributed by atoms with Gasteiger partial charge in [-0.2, -0.15) is 0 Å². The number of rotatable bonds is 6. The first-order chi connectivity index (χ1) is 7.14. The summed E-state index contributed by atoms with van der Waals surface area (Å²) < 4.78 is 5.33. The van der Waals surface area contributed by atoms with Crippen LogP contribution in [0.3, 0.4) is 0 Å². The molecule has 2 nitrogen and oxygen atoms in total. The quantitative estimate of drug-likeness (QED) is 0.722. The Morgan fingerprint density at radius 2 is 1.87 bits per heavy atom. The molecule has 1 N–H and O–H groups in total. The van der Waals surface area contributed by atoms with E-state index in [4.69, 9.17) is 4.74 Å². The van der Waals surface area contributed by atoms with Gasteiger partial charge in [0, 0.05) is 13.7 Å². The van der Waals surface area contributed by atoms with Gasteiger partial charge >= 0.3 is 0 Å². The lowest BCUT2D eigenvalue weighted by molar-refractivity contribution is 0.0235. The van der Waals surface area contributed by atoms with Crippen LogP contribution in [0.5, 0.6) is 0 Å². The van der Waals surface area contributed by atoms with Crippen LogP contribution >= 0.6 is 0 Å². The molecule has 0 saturated heterocycles. The molecule has 0 fully saturated rings. The average Bonchev–Trinajstić information content (AvgIpc) is 2.26. The van der Waals surface area contributed by atoms with Gasteiger partial charge in [-0.3, -0.25) is 0 Å². The Kier molecular flexibility index (Phi) is 4.79. The monoisotopic (exact) mass is 207 g/mol. The third-order valence-electron chi connectivity index (χ3n) is 2.54. The smallest absolute Gasteiger partial charge is 0.0746 e. The van der Waals surface area contributed by atoms with Crippen molar-refractivity contribution in [3.05, 3.63) is 35.9 Å². The number of nitrogens with one attached hydrogen (secondary N) is 1. The number of hydrogen-bond donors (Lipinski definition) is 1. The molecule has 0 radical (unpaired) electrons.